The number of carbonyl (C=O) groups is 2. The summed E-state index contributed by atoms with van der Waals surface area (Å²) in [5.41, 5.74) is 1.73. The first-order valence-electron chi connectivity index (χ1n) is 12.0. The lowest BCUT2D eigenvalue weighted by molar-refractivity contribution is -0.140. The number of amides is 2. The van der Waals surface area contributed by atoms with Gasteiger partial charge in [0.1, 0.15) is 6.04 Å². The average Bonchev–Trinajstić information content (AvgIpc) is 3.63. The molecule has 1 fully saturated rings. The molecule has 2 aromatic carbocycles. The Hall–Kier alpha value is -2.42. The van der Waals surface area contributed by atoms with Crippen LogP contribution in [0.5, 0.6) is 0 Å². The third kappa shape index (κ3) is 8.33. The molecular weight excluding hydrogens is 486 g/mol. The summed E-state index contributed by atoms with van der Waals surface area (Å²) < 4.78 is 27.4. The van der Waals surface area contributed by atoms with Gasteiger partial charge in [-0.05, 0) is 67.5 Å². The van der Waals surface area contributed by atoms with Crippen LogP contribution in [0.4, 0.5) is 0 Å². The van der Waals surface area contributed by atoms with Gasteiger partial charge < -0.3 is 10.2 Å². The molecule has 0 saturated heterocycles. The maximum absolute atomic E-state index is 13.2. The predicted molar refractivity (Wildman–Crippen MR) is 137 cm³/mol. The van der Waals surface area contributed by atoms with Gasteiger partial charge in [0.2, 0.25) is 21.8 Å². The minimum absolute atomic E-state index is 0.0450. The molecule has 2 amide bonds. The molecule has 0 unspecified atom stereocenters. The van der Waals surface area contributed by atoms with Gasteiger partial charge >= 0.3 is 0 Å². The Balaban J connectivity index is 1.66. The number of carbonyl (C=O) groups excluding carboxylic acids is 2. The highest BCUT2D eigenvalue weighted by Gasteiger charge is 2.28. The summed E-state index contributed by atoms with van der Waals surface area (Å²) >= 11 is 5.99. The largest absolute Gasteiger partial charge is 0.354 e. The normalized spacial score (nSPS) is 14.5. The lowest BCUT2D eigenvalue weighted by Gasteiger charge is -2.29. The fourth-order valence-electron chi connectivity index (χ4n) is 3.54. The fraction of sp³-hybridized carbons (Fsp3) is 0.462. The second kappa shape index (κ2) is 12.0. The third-order valence-electron chi connectivity index (χ3n) is 5.88. The number of nitrogens with zero attached hydrogens (tertiary/aromatic N) is 1. The number of nitrogens with one attached hydrogen (secondary N) is 2. The molecule has 0 aliphatic heterocycles. The van der Waals surface area contributed by atoms with E-state index in [2.05, 4.69) is 10.0 Å². The van der Waals surface area contributed by atoms with Crippen LogP contribution in [0, 0.1) is 5.92 Å². The summed E-state index contributed by atoms with van der Waals surface area (Å²) in [6.45, 7) is 6.59. The van der Waals surface area contributed by atoms with Crippen LogP contribution in [0.25, 0.3) is 0 Å². The smallest absolute Gasteiger partial charge is 0.242 e. The van der Waals surface area contributed by atoms with Crippen LogP contribution < -0.4 is 10.0 Å². The van der Waals surface area contributed by atoms with Crippen molar-refractivity contribution in [3.63, 3.8) is 0 Å². The van der Waals surface area contributed by atoms with Crippen LogP contribution in [0.15, 0.2) is 53.4 Å². The molecule has 35 heavy (non-hydrogen) atoms. The fourth-order valence-corrected chi connectivity index (χ4v) is 4.97. The molecular formula is C26H34ClN3O4S. The van der Waals surface area contributed by atoms with E-state index in [1.807, 2.05) is 26.0 Å². The average molecular weight is 520 g/mol. The van der Waals surface area contributed by atoms with E-state index in [1.54, 1.807) is 48.2 Å². The van der Waals surface area contributed by atoms with E-state index < -0.39 is 16.1 Å². The molecule has 9 heteroatoms. The highest BCUT2D eigenvalue weighted by atomic mass is 35.5. The molecule has 2 N–H and O–H groups in total. The molecule has 0 spiro atoms. The first kappa shape index (κ1) is 27.2. The van der Waals surface area contributed by atoms with E-state index in [-0.39, 0.29) is 35.7 Å². The Morgan fingerprint density at radius 2 is 1.60 bits per heavy atom. The van der Waals surface area contributed by atoms with Crippen molar-refractivity contribution in [1.29, 1.82) is 0 Å². The lowest BCUT2D eigenvalue weighted by Crippen LogP contribution is -2.48. The second-order valence-corrected chi connectivity index (χ2v) is 11.7. The number of rotatable bonds is 12. The van der Waals surface area contributed by atoms with Crippen LogP contribution >= 0.6 is 11.6 Å². The van der Waals surface area contributed by atoms with Crippen LogP contribution in [-0.4, -0.2) is 43.8 Å². The quantitative estimate of drug-likeness (QED) is 0.444. The summed E-state index contributed by atoms with van der Waals surface area (Å²) in [4.78, 5) is 27.8. The van der Waals surface area contributed by atoms with Gasteiger partial charge in [-0.1, -0.05) is 49.7 Å². The van der Waals surface area contributed by atoms with Crippen LogP contribution in [-0.2, 0) is 32.6 Å². The summed E-state index contributed by atoms with van der Waals surface area (Å²) in [6, 6.07) is 13.2. The minimum atomic E-state index is -3.51. The lowest BCUT2D eigenvalue weighted by atomic mass is 10.1. The van der Waals surface area contributed by atoms with Gasteiger partial charge in [-0.2, -0.15) is 0 Å². The standard InChI is InChI=1S/C26H34ClN3O4S/c1-18(2)16-28-26(32)19(3)30(17-21-4-9-22(27)10-5-21)25(31)15-8-20-6-13-24(14-7-20)35(33,34)29-23-11-12-23/h4-7,9-10,13-14,18-19,23,29H,8,11-12,15-17H2,1-3H3,(H,28,32)/t19-/m1/s1. The van der Waals surface area contributed by atoms with Crippen molar-refractivity contribution in [3.8, 4) is 0 Å². The molecule has 1 atom stereocenters. The number of benzene rings is 2. The van der Waals surface area contributed by atoms with Crippen molar-refractivity contribution in [1.82, 2.24) is 14.9 Å². The van der Waals surface area contributed by atoms with E-state index in [9.17, 15) is 18.0 Å². The molecule has 0 aromatic heterocycles. The molecule has 0 bridgehead atoms. The van der Waals surface area contributed by atoms with Gasteiger partial charge in [-0.3, -0.25) is 9.59 Å². The van der Waals surface area contributed by atoms with Crippen molar-refractivity contribution >= 4 is 33.4 Å². The van der Waals surface area contributed by atoms with E-state index in [4.69, 9.17) is 11.6 Å². The summed E-state index contributed by atoms with van der Waals surface area (Å²) in [5.74, 6) is -0.0455. The molecule has 1 aliphatic rings. The van der Waals surface area contributed by atoms with Crippen LogP contribution in [0.2, 0.25) is 5.02 Å². The van der Waals surface area contributed by atoms with Crippen molar-refractivity contribution in [2.24, 2.45) is 5.92 Å². The topological polar surface area (TPSA) is 95.6 Å². The molecule has 190 valence electrons. The second-order valence-electron chi connectivity index (χ2n) is 9.50. The van der Waals surface area contributed by atoms with Crippen molar-refractivity contribution < 1.29 is 18.0 Å². The molecule has 2 aromatic rings. The highest BCUT2D eigenvalue weighted by Crippen LogP contribution is 2.22. The van der Waals surface area contributed by atoms with Gasteiger partial charge in [0.15, 0.2) is 0 Å². The van der Waals surface area contributed by atoms with Gasteiger partial charge in [-0.15, -0.1) is 0 Å². The number of hydrogen-bond donors (Lipinski definition) is 2. The number of halogens is 1. The predicted octanol–water partition coefficient (Wildman–Crippen LogP) is 3.90. The van der Waals surface area contributed by atoms with E-state index in [0.29, 0.717) is 23.9 Å². The third-order valence-corrected chi connectivity index (χ3v) is 7.67. The number of aryl methyl sites for hydroxylation is 1. The van der Waals surface area contributed by atoms with Gasteiger partial charge in [0.25, 0.3) is 0 Å². The minimum Gasteiger partial charge on any atom is -0.354 e. The maximum Gasteiger partial charge on any atom is 0.242 e. The summed E-state index contributed by atoms with van der Waals surface area (Å²) in [6.07, 6.45) is 2.38. The first-order chi connectivity index (χ1) is 16.5. The molecule has 0 heterocycles. The first-order valence-corrected chi connectivity index (χ1v) is 13.8. The van der Waals surface area contributed by atoms with Crippen molar-refractivity contribution in [2.75, 3.05) is 6.54 Å². The van der Waals surface area contributed by atoms with E-state index in [0.717, 1.165) is 24.0 Å². The molecule has 3 rings (SSSR count). The van der Waals surface area contributed by atoms with Crippen LogP contribution in [0.3, 0.4) is 0 Å². The Morgan fingerprint density at radius 3 is 2.17 bits per heavy atom. The monoisotopic (exact) mass is 519 g/mol. The molecule has 1 saturated carbocycles. The summed E-state index contributed by atoms with van der Waals surface area (Å²) in [7, 11) is -3.51. The molecule has 0 radical (unpaired) electrons. The Morgan fingerprint density at radius 1 is 1.00 bits per heavy atom. The Bertz CT molecular complexity index is 1110. The number of sulfonamides is 1. The Kier molecular flexibility index (Phi) is 9.33. The highest BCUT2D eigenvalue weighted by molar-refractivity contribution is 7.89. The van der Waals surface area contributed by atoms with E-state index >= 15 is 0 Å². The van der Waals surface area contributed by atoms with Crippen LogP contribution in [0.1, 0.15) is 51.2 Å². The van der Waals surface area contributed by atoms with Gasteiger partial charge in [0.05, 0.1) is 4.90 Å². The molecule has 7 nitrogen and oxygen atoms in total. The zero-order chi connectivity index (χ0) is 25.6. The van der Waals surface area contributed by atoms with Gasteiger partial charge in [-0.25, -0.2) is 13.1 Å². The Labute approximate surface area is 213 Å². The SMILES string of the molecule is CC(C)CNC(=O)[C@@H](C)N(Cc1ccc(Cl)cc1)C(=O)CCc1ccc(S(=O)(=O)NC2CC2)cc1. The summed E-state index contributed by atoms with van der Waals surface area (Å²) in [5, 5.41) is 3.51. The van der Waals surface area contributed by atoms with Gasteiger partial charge in [0, 0.05) is 30.6 Å². The zero-order valence-electron chi connectivity index (χ0n) is 20.5. The van der Waals surface area contributed by atoms with Crippen molar-refractivity contribution in [3.05, 3.63) is 64.7 Å². The zero-order valence-corrected chi connectivity index (χ0v) is 22.0. The molecule has 1 aliphatic carbocycles. The maximum atomic E-state index is 13.2. The van der Waals surface area contributed by atoms with E-state index in [1.165, 1.54) is 0 Å². The number of hydrogen-bond acceptors (Lipinski definition) is 4. The van der Waals surface area contributed by atoms with Crippen molar-refractivity contribution in [2.45, 2.75) is 70.0 Å².